The first-order chi connectivity index (χ1) is 11.7. The van der Waals surface area contributed by atoms with Crippen LogP contribution in [0.5, 0.6) is 0 Å². The Balaban J connectivity index is 1.97. The molecule has 0 aliphatic rings. The summed E-state index contributed by atoms with van der Waals surface area (Å²) in [6.07, 6.45) is -4.43. The number of benzene rings is 2. The minimum atomic E-state index is -4.43. The molecule has 0 aromatic heterocycles. The number of carbonyl (C=O) groups is 1. The molecule has 0 saturated carbocycles. The Morgan fingerprint density at radius 3 is 2.16 bits per heavy atom. The Bertz CT molecular complexity index is 762. The third-order valence-corrected chi connectivity index (χ3v) is 4.32. The van der Waals surface area contributed by atoms with Gasteiger partial charge in [-0.3, -0.25) is 14.9 Å². The molecule has 0 aliphatic heterocycles. The maximum Gasteiger partial charge on any atom is 0.416 e. The van der Waals surface area contributed by atoms with Crippen molar-refractivity contribution in [3.05, 3.63) is 64.2 Å². The fourth-order valence-electron chi connectivity index (χ4n) is 1.89. The Morgan fingerprint density at radius 2 is 1.68 bits per heavy atom. The number of rotatable bonds is 5. The Hall–Kier alpha value is -2.55. The minimum Gasteiger partial charge on any atom is -0.325 e. The van der Waals surface area contributed by atoms with E-state index in [0.717, 1.165) is 12.1 Å². The van der Waals surface area contributed by atoms with Gasteiger partial charge >= 0.3 is 6.18 Å². The molecule has 0 unspecified atom stereocenters. The number of halogens is 3. The van der Waals surface area contributed by atoms with Crippen LogP contribution in [-0.4, -0.2) is 16.1 Å². The van der Waals surface area contributed by atoms with Crippen LogP contribution in [-0.2, 0) is 11.0 Å². The molecule has 9 heteroatoms. The summed E-state index contributed by atoms with van der Waals surface area (Å²) in [4.78, 5) is 22.9. The zero-order valence-corrected chi connectivity index (χ0v) is 13.7. The fraction of sp³-hybridized carbons (Fsp3) is 0.188. The predicted molar refractivity (Wildman–Crippen MR) is 88.5 cm³/mol. The first-order valence-electron chi connectivity index (χ1n) is 7.06. The molecule has 25 heavy (non-hydrogen) atoms. The number of hydrogen-bond donors (Lipinski definition) is 1. The Labute approximate surface area is 145 Å². The highest BCUT2D eigenvalue weighted by atomic mass is 32.2. The summed E-state index contributed by atoms with van der Waals surface area (Å²) in [6.45, 7) is 1.63. The van der Waals surface area contributed by atoms with Gasteiger partial charge in [0.25, 0.3) is 5.69 Å². The monoisotopic (exact) mass is 370 g/mol. The van der Waals surface area contributed by atoms with Gasteiger partial charge in [-0.2, -0.15) is 13.2 Å². The van der Waals surface area contributed by atoms with Crippen LogP contribution in [0.25, 0.3) is 0 Å². The van der Waals surface area contributed by atoms with Gasteiger partial charge in [0.1, 0.15) is 0 Å². The first-order valence-corrected chi connectivity index (χ1v) is 7.94. The second kappa shape index (κ2) is 7.56. The van der Waals surface area contributed by atoms with Crippen molar-refractivity contribution in [2.75, 3.05) is 5.32 Å². The van der Waals surface area contributed by atoms with Crippen LogP contribution in [0.15, 0.2) is 53.4 Å². The largest absolute Gasteiger partial charge is 0.416 e. The third kappa shape index (κ3) is 5.21. The molecule has 0 aliphatic carbocycles. The van der Waals surface area contributed by atoms with Gasteiger partial charge in [-0.15, -0.1) is 11.8 Å². The topological polar surface area (TPSA) is 72.2 Å². The molecule has 5 nitrogen and oxygen atoms in total. The van der Waals surface area contributed by atoms with Crippen molar-refractivity contribution in [3.8, 4) is 0 Å². The van der Waals surface area contributed by atoms with Gasteiger partial charge in [-0.05, 0) is 43.3 Å². The number of nitro benzene ring substituents is 1. The van der Waals surface area contributed by atoms with E-state index in [2.05, 4.69) is 5.32 Å². The highest BCUT2D eigenvalue weighted by molar-refractivity contribution is 8.00. The molecule has 0 saturated heterocycles. The Kier molecular flexibility index (Phi) is 5.68. The standard InChI is InChI=1S/C16H13F3N2O3S/c1-10(25-14-8-6-13(7-9-14)21(23)24)15(22)20-12-4-2-11(3-5-12)16(17,18)19/h2-10H,1H3,(H,20,22)/t10-/m1/s1. The summed E-state index contributed by atoms with van der Waals surface area (Å²) in [5, 5.41) is 12.6. The van der Waals surface area contributed by atoms with Gasteiger partial charge in [0.2, 0.25) is 5.91 Å². The molecular formula is C16H13F3N2O3S. The van der Waals surface area contributed by atoms with Gasteiger partial charge in [0.05, 0.1) is 15.7 Å². The second-order valence-electron chi connectivity index (χ2n) is 5.08. The Morgan fingerprint density at radius 1 is 1.12 bits per heavy atom. The summed E-state index contributed by atoms with van der Waals surface area (Å²) >= 11 is 1.18. The predicted octanol–water partition coefficient (Wildman–Crippen LogP) is 4.73. The molecule has 2 aromatic carbocycles. The normalized spacial score (nSPS) is 12.5. The van der Waals surface area contributed by atoms with E-state index >= 15 is 0 Å². The van der Waals surface area contributed by atoms with E-state index in [4.69, 9.17) is 0 Å². The number of alkyl halides is 3. The number of nitrogens with one attached hydrogen (secondary N) is 1. The first kappa shape index (κ1) is 18.8. The molecule has 1 atom stereocenters. The molecule has 0 heterocycles. The maximum atomic E-state index is 12.5. The summed E-state index contributed by atoms with van der Waals surface area (Å²) in [7, 11) is 0. The van der Waals surface area contributed by atoms with Crippen molar-refractivity contribution in [2.45, 2.75) is 23.2 Å². The number of anilines is 1. The lowest BCUT2D eigenvalue weighted by Gasteiger charge is -2.13. The van der Waals surface area contributed by atoms with Crippen molar-refractivity contribution in [1.29, 1.82) is 0 Å². The average molecular weight is 370 g/mol. The number of nitrogens with zero attached hydrogens (tertiary/aromatic N) is 1. The molecule has 0 spiro atoms. The molecule has 0 fully saturated rings. The van der Waals surface area contributed by atoms with Crippen LogP contribution in [0.3, 0.4) is 0 Å². The van der Waals surface area contributed by atoms with Gasteiger partial charge in [0, 0.05) is 22.7 Å². The lowest BCUT2D eigenvalue weighted by Crippen LogP contribution is -2.22. The average Bonchev–Trinajstić information content (AvgIpc) is 2.55. The quantitative estimate of drug-likeness (QED) is 0.469. The van der Waals surface area contributed by atoms with Crippen LogP contribution in [0.4, 0.5) is 24.5 Å². The van der Waals surface area contributed by atoms with Gasteiger partial charge in [-0.1, -0.05) is 0 Å². The van der Waals surface area contributed by atoms with Crippen molar-refractivity contribution in [2.24, 2.45) is 0 Å². The van der Waals surface area contributed by atoms with Crippen molar-refractivity contribution in [3.63, 3.8) is 0 Å². The molecule has 0 bridgehead atoms. The lowest BCUT2D eigenvalue weighted by atomic mass is 10.2. The number of carbonyl (C=O) groups excluding carboxylic acids is 1. The van der Waals surface area contributed by atoms with Gasteiger partial charge < -0.3 is 5.32 Å². The van der Waals surface area contributed by atoms with E-state index in [1.807, 2.05) is 0 Å². The van der Waals surface area contributed by atoms with Crippen molar-refractivity contribution in [1.82, 2.24) is 0 Å². The third-order valence-electron chi connectivity index (χ3n) is 3.21. The zero-order valence-electron chi connectivity index (χ0n) is 12.9. The highest BCUT2D eigenvalue weighted by Crippen LogP contribution is 2.30. The van der Waals surface area contributed by atoms with Crippen LogP contribution in [0.2, 0.25) is 0 Å². The van der Waals surface area contributed by atoms with Crippen molar-refractivity contribution >= 4 is 29.0 Å². The molecule has 0 radical (unpaired) electrons. The van der Waals surface area contributed by atoms with Crippen LogP contribution in [0.1, 0.15) is 12.5 Å². The number of thioether (sulfide) groups is 1. The van der Waals surface area contributed by atoms with E-state index in [9.17, 15) is 28.1 Å². The van der Waals surface area contributed by atoms with Gasteiger partial charge in [-0.25, -0.2) is 0 Å². The number of nitro groups is 1. The highest BCUT2D eigenvalue weighted by Gasteiger charge is 2.30. The summed E-state index contributed by atoms with van der Waals surface area (Å²) in [5.41, 5.74) is -0.584. The van der Waals surface area contributed by atoms with Crippen LogP contribution >= 0.6 is 11.8 Å². The number of non-ortho nitro benzene ring substituents is 1. The maximum absolute atomic E-state index is 12.5. The minimum absolute atomic E-state index is 0.0498. The van der Waals surface area contributed by atoms with E-state index in [1.54, 1.807) is 6.92 Å². The van der Waals surface area contributed by atoms with Crippen LogP contribution < -0.4 is 5.32 Å². The molecule has 2 rings (SSSR count). The van der Waals surface area contributed by atoms with Crippen LogP contribution in [0, 0.1) is 10.1 Å². The molecule has 1 amide bonds. The van der Waals surface area contributed by atoms with E-state index in [-0.39, 0.29) is 17.3 Å². The van der Waals surface area contributed by atoms with E-state index < -0.39 is 21.9 Å². The number of amides is 1. The molecule has 2 aromatic rings. The van der Waals surface area contributed by atoms with E-state index in [1.165, 1.54) is 48.2 Å². The zero-order chi connectivity index (χ0) is 18.6. The molecule has 1 N–H and O–H groups in total. The lowest BCUT2D eigenvalue weighted by molar-refractivity contribution is -0.384. The van der Waals surface area contributed by atoms with Gasteiger partial charge in [0.15, 0.2) is 0 Å². The fourth-order valence-corrected chi connectivity index (χ4v) is 2.76. The molecule has 132 valence electrons. The second-order valence-corrected chi connectivity index (χ2v) is 6.49. The smallest absolute Gasteiger partial charge is 0.325 e. The SMILES string of the molecule is C[C@@H](Sc1ccc([N+](=O)[O-])cc1)C(=O)Nc1ccc(C(F)(F)F)cc1. The summed E-state index contributed by atoms with van der Waals surface area (Å²) in [5.74, 6) is -0.386. The number of hydrogen-bond acceptors (Lipinski definition) is 4. The van der Waals surface area contributed by atoms with E-state index in [0.29, 0.717) is 4.90 Å². The summed E-state index contributed by atoms with van der Waals surface area (Å²) < 4.78 is 37.5. The molecular weight excluding hydrogens is 357 g/mol. The summed E-state index contributed by atoms with van der Waals surface area (Å²) in [6, 6.07) is 9.89. The van der Waals surface area contributed by atoms with Crippen molar-refractivity contribution < 1.29 is 22.9 Å².